The molecule has 0 fully saturated rings. The molecule has 18 heavy (non-hydrogen) atoms. The second kappa shape index (κ2) is 6.95. The van der Waals surface area contributed by atoms with E-state index in [-0.39, 0.29) is 6.61 Å². The summed E-state index contributed by atoms with van der Waals surface area (Å²) in [4.78, 5) is 32.5. The molecule has 0 radical (unpaired) electrons. The molecule has 1 unspecified atom stereocenters. The Bertz CT molecular complexity index is 323. The average Bonchev–Trinajstić information content (AvgIpc) is 2.14. The normalized spacial score (nSPS) is 14.0. The van der Waals surface area contributed by atoms with Gasteiger partial charge >= 0.3 is 17.9 Å². The van der Waals surface area contributed by atoms with Gasteiger partial charge in [-0.2, -0.15) is 0 Å². The molecular weight excluding hydrogens is 244 g/mol. The largest absolute Gasteiger partial charge is 0.481 e. The predicted molar refractivity (Wildman–Crippen MR) is 59.9 cm³/mol. The zero-order valence-electron chi connectivity index (χ0n) is 10.4. The zero-order chi connectivity index (χ0) is 14.3. The van der Waals surface area contributed by atoms with Crippen molar-refractivity contribution in [3.63, 3.8) is 0 Å². The Morgan fingerprint density at radius 3 is 2.11 bits per heavy atom. The Morgan fingerprint density at radius 1 is 1.17 bits per heavy atom. The van der Waals surface area contributed by atoms with E-state index in [1.807, 2.05) is 13.8 Å². The highest BCUT2D eigenvalue weighted by atomic mass is 16.5. The molecule has 3 N–H and O–H groups in total. The van der Waals surface area contributed by atoms with E-state index in [1.54, 1.807) is 0 Å². The van der Waals surface area contributed by atoms with E-state index in [0.29, 0.717) is 12.3 Å². The number of hydrogen-bond donors (Lipinski definition) is 3. The maximum absolute atomic E-state index is 11.3. The number of hydrogen-bond acceptors (Lipinski definition) is 5. The van der Waals surface area contributed by atoms with Crippen LogP contribution in [-0.4, -0.2) is 45.4 Å². The van der Waals surface area contributed by atoms with Gasteiger partial charge in [-0.1, -0.05) is 13.8 Å². The SMILES string of the molecule is CC(C)CCOC(=O)CC(O)(CC(=O)O)C(=O)O. The van der Waals surface area contributed by atoms with Crippen LogP contribution in [0.25, 0.3) is 0 Å². The van der Waals surface area contributed by atoms with E-state index >= 15 is 0 Å². The molecule has 1 atom stereocenters. The van der Waals surface area contributed by atoms with Crippen molar-refractivity contribution in [3.05, 3.63) is 0 Å². The van der Waals surface area contributed by atoms with Crippen LogP contribution in [0.2, 0.25) is 0 Å². The minimum absolute atomic E-state index is 0.110. The second-order valence-corrected chi connectivity index (χ2v) is 4.49. The molecule has 0 saturated heterocycles. The van der Waals surface area contributed by atoms with Crippen LogP contribution in [0, 0.1) is 5.92 Å². The van der Waals surface area contributed by atoms with Crippen LogP contribution in [0.5, 0.6) is 0 Å². The van der Waals surface area contributed by atoms with Gasteiger partial charge in [0.1, 0.15) is 0 Å². The zero-order valence-corrected chi connectivity index (χ0v) is 10.4. The van der Waals surface area contributed by atoms with Crippen LogP contribution in [0.1, 0.15) is 33.1 Å². The van der Waals surface area contributed by atoms with E-state index in [0.717, 1.165) is 0 Å². The Labute approximate surface area is 104 Å². The summed E-state index contributed by atoms with van der Waals surface area (Å²) in [6.07, 6.45) is -1.33. The first-order valence-electron chi connectivity index (χ1n) is 5.50. The summed E-state index contributed by atoms with van der Waals surface area (Å²) in [7, 11) is 0. The number of carbonyl (C=O) groups is 3. The molecule has 0 amide bonds. The summed E-state index contributed by atoms with van der Waals surface area (Å²) in [5.41, 5.74) is -2.62. The molecule has 0 aromatic carbocycles. The second-order valence-electron chi connectivity index (χ2n) is 4.49. The van der Waals surface area contributed by atoms with E-state index in [9.17, 15) is 19.5 Å². The van der Waals surface area contributed by atoms with Crippen molar-refractivity contribution in [2.24, 2.45) is 5.92 Å². The van der Waals surface area contributed by atoms with Crippen molar-refractivity contribution < 1.29 is 34.4 Å². The van der Waals surface area contributed by atoms with Gasteiger partial charge in [0.05, 0.1) is 19.4 Å². The summed E-state index contributed by atoms with van der Waals surface area (Å²) in [5, 5.41) is 26.8. The van der Waals surface area contributed by atoms with Crippen LogP contribution in [0.4, 0.5) is 0 Å². The highest BCUT2D eigenvalue weighted by Crippen LogP contribution is 2.17. The topological polar surface area (TPSA) is 121 Å². The van der Waals surface area contributed by atoms with E-state index in [2.05, 4.69) is 0 Å². The molecule has 0 rings (SSSR count). The molecule has 0 bridgehead atoms. The molecule has 7 nitrogen and oxygen atoms in total. The number of aliphatic carboxylic acids is 2. The maximum atomic E-state index is 11.3. The van der Waals surface area contributed by atoms with Gasteiger partial charge in [0, 0.05) is 0 Å². The summed E-state index contributed by atoms with van der Waals surface area (Å²) in [6.45, 7) is 3.96. The van der Waals surface area contributed by atoms with Gasteiger partial charge in [0.25, 0.3) is 0 Å². The van der Waals surface area contributed by atoms with Gasteiger partial charge < -0.3 is 20.1 Å². The minimum Gasteiger partial charge on any atom is -0.481 e. The van der Waals surface area contributed by atoms with Crippen molar-refractivity contribution in [1.82, 2.24) is 0 Å². The molecule has 0 aliphatic heterocycles. The Morgan fingerprint density at radius 2 is 1.72 bits per heavy atom. The van der Waals surface area contributed by atoms with Gasteiger partial charge in [-0.25, -0.2) is 4.79 Å². The van der Waals surface area contributed by atoms with Crippen LogP contribution < -0.4 is 0 Å². The fourth-order valence-corrected chi connectivity index (χ4v) is 1.16. The highest BCUT2D eigenvalue weighted by Gasteiger charge is 2.41. The summed E-state index contributed by atoms with van der Waals surface area (Å²) < 4.78 is 4.73. The lowest BCUT2D eigenvalue weighted by atomic mass is 9.96. The first kappa shape index (κ1) is 16.4. The first-order valence-corrected chi connectivity index (χ1v) is 5.50. The van der Waals surface area contributed by atoms with Gasteiger partial charge in [-0.05, 0) is 12.3 Å². The van der Waals surface area contributed by atoms with Gasteiger partial charge in [-0.3, -0.25) is 9.59 Å². The number of esters is 1. The van der Waals surface area contributed by atoms with Crippen LogP contribution in [-0.2, 0) is 19.1 Å². The predicted octanol–water partition coefficient (Wildman–Crippen LogP) is 0.256. The number of aliphatic hydroxyl groups is 1. The van der Waals surface area contributed by atoms with Crippen molar-refractivity contribution in [3.8, 4) is 0 Å². The first-order chi connectivity index (χ1) is 8.17. The number of rotatable bonds is 8. The molecule has 0 spiro atoms. The van der Waals surface area contributed by atoms with Crippen molar-refractivity contribution in [2.75, 3.05) is 6.61 Å². The lowest BCUT2D eigenvalue weighted by molar-refractivity contribution is -0.172. The fourth-order valence-electron chi connectivity index (χ4n) is 1.16. The highest BCUT2D eigenvalue weighted by molar-refractivity contribution is 5.88. The smallest absolute Gasteiger partial charge is 0.336 e. The number of carboxylic acids is 2. The molecular formula is C11H18O7. The van der Waals surface area contributed by atoms with Crippen molar-refractivity contribution in [1.29, 1.82) is 0 Å². The number of ether oxygens (including phenoxy) is 1. The third-order valence-electron chi connectivity index (χ3n) is 2.24. The summed E-state index contributed by atoms with van der Waals surface area (Å²) in [6, 6.07) is 0. The molecule has 7 heteroatoms. The van der Waals surface area contributed by atoms with Crippen molar-refractivity contribution >= 4 is 17.9 Å². The Balaban J connectivity index is 4.37. The standard InChI is InChI=1S/C11H18O7/c1-7(2)3-4-18-9(14)6-11(17,10(15)16)5-8(12)13/h7,17H,3-6H2,1-2H3,(H,12,13)(H,15,16). The molecule has 0 aliphatic rings. The van der Waals surface area contributed by atoms with Crippen LogP contribution in [0.3, 0.4) is 0 Å². The van der Waals surface area contributed by atoms with E-state index in [1.165, 1.54) is 0 Å². The lowest BCUT2D eigenvalue weighted by Gasteiger charge is -2.20. The van der Waals surface area contributed by atoms with Gasteiger partial charge in [0.2, 0.25) is 0 Å². The molecule has 0 aromatic rings. The number of carboxylic acid groups (broad SMARTS) is 2. The maximum Gasteiger partial charge on any atom is 0.336 e. The lowest BCUT2D eigenvalue weighted by Crippen LogP contribution is -2.43. The van der Waals surface area contributed by atoms with Crippen LogP contribution >= 0.6 is 0 Å². The average molecular weight is 262 g/mol. The van der Waals surface area contributed by atoms with E-state index < -0.39 is 36.4 Å². The number of carbonyl (C=O) groups excluding carboxylic acids is 1. The third kappa shape index (κ3) is 6.19. The third-order valence-corrected chi connectivity index (χ3v) is 2.24. The minimum atomic E-state index is -2.62. The van der Waals surface area contributed by atoms with Crippen LogP contribution in [0.15, 0.2) is 0 Å². The quantitative estimate of drug-likeness (QED) is 0.536. The van der Waals surface area contributed by atoms with E-state index in [4.69, 9.17) is 14.9 Å². The molecule has 0 heterocycles. The Hall–Kier alpha value is -1.63. The molecule has 0 aliphatic carbocycles. The monoisotopic (exact) mass is 262 g/mol. The summed E-state index contributed by atoms with van der Waals surface area (Å²) >= 11 is 0. The summed E-state index contributed by atoms with van der Waals surface area (Å²) in [5.74, 6) is -3.88. The molecule has 0 aromatic heterocycles. The van der Waals surface area contributed by atoms with Crippen molar-refractivity contribution in [2.45, 2.75) is 38.7 Å². The molecule has 104 valence electrons. The fraction of sp³-hybridized carbons (Fsp3) is 0.727. The Kier molecular flexibility index (Phi) is 6.32. The van der Waals surface area contributed by atoms with Gasteiger partial charge in [-0.15, -0.1) is 0 Å². The molecule has 0 saturated carbocycles. The van der Waals surface area contributed by atoms with Gasteiger partial charge in [0.15, 0.2) is 5.60 Å².